The molecule has 1 atom stereocenters. The molecular weight excluding hydrogens is 196 g/mol. The van der Waals surface area contributed by atoms with E-state index in [-0.39, 0.29) is 6.42 Å². The molecular formula is C10H16N2O3. The van der Waals surface area contributed by atoms with Crippen LogP contribution in [-0.4, -0.2) is 25.0 Å². The van der Waals surface area contributed by atoms with E-state index < -0.39 is 23.3 Å². The lowest BCUT2D eigenvalue weighted by atomic mass is 9.86. The number of nitrogens with one attached hydrogen (secondary N) is 1. The van der Waals surface area contributed by atoms with Crippen molar-refractivity contribution in [2.24, 2.45) is 5.41 Å². The molecule has 0 heterocycles. The first-order valence-corrected chi connectivity index (χ1v) is 4.57. The Morgan fingerprint density at radius 3 is 2.33 bits per heavy atom. The van der Waals surface area contributed by atoms with Crippen molar-refractivity contribution in [3.05, 3.63) is 0 Å². The summed E-state index contributed by atoms with van der Waals surface area (Å²) in [6.07, 6.45) is -0.260. The van der Waals surface area contributed by atoms with Crippen LogP contribution in [0.3, 0.4) is 0 Å². The van der Waals surface area contributed by atoms with Crippen molar-refractivity contribution in [3.63, 3.8) is 0 Å². The summed E-state index contributed by atoms with van der Waals surface area (Å²) < 4.78 is 4.58. The van der Waals surface area contributed by atoms with Crippen molar-refractivity contribution in [1.82, 2.24) is 5.32 Å². The molecule has 15 heavy (non-hydrogen) atoms. The fraction of sp³-hybridized carbons (Fsp3) is 0.700. The number of nitriles is 1. The van der Waals surface area contributed by atoms with Gasteiger partial charge in [-0.2, -0.15) is 5.26 Å². The van der Waals surface area contributed by atoms with Gasteiger partial charge in [-0.15, -0.1) is 0 Å². The van der Waals surface area contributed by atoms with Gasteiger partial charge in [-0.1, -0.05) is 20.8 Å². The number of rotatable bonds is 3. The predicted molar refractivity (Wildman–Crippen MR) is 53.6 cm³/mol. The number of amides is 1. The van der Waals surface area contributed by atoms with Crippen molar-refractivity contribution < 1.29 is 14.3 Å². The Labute approximate surface area is 89.4 Å². The first-order chi connectivity index (χ1) is 6.82. The number of carbonyl (C=O) groups excluding carboxylic acids is 2. The molecule has 0 unspecified atom stereocenters. The normalized spacial score (nSPS) is 12.5. The van der Waals surface area contributed by atoms with E-state index in [1.165, 1.54) is 7.11 Å². The highest BCUT2D eigenvalue weighted by Gasteiger charge is 2.33. The molecule has 0 aliphatic rings. The van der Waals surface area contributed by atoms with Gasteiger partial charge in [0.1, 0.15) is 12.5 Å². The standard InChI is InChI=1S/C10H16N2O3/c1-10(2,3)8(9(14)15-4)12-7(13)5-6-11/h8H,5H2,1-4H3,(H,12,13)/t8-/m0/s1. The average Bonchev–Trinajstić information content (AvgIpc) is 2.12. The Morgan fingerprint density at radius 1 is 1.47 bits per heavy atom. The van der Waals surface area contributed by atoms with Crippen molar-refractivity contribution in [2.75, 3.05) is 7.11 Å². The second-order valence-electron chi connectivity index (χ2n) is 4.22. The molecule has 0 saturated carbocycles. The summed E-state index contributed by atoms with van der Waals surface area (Å²) in [4.78, 5) is 22.6. The molecule has 0 aliphatic heterocycles. The molecule has 0 aliphatic carbocycles. The topological polar surface area (TPSA) is 79.2 Å². The summed E-state index contributed by atoms with van der Waals surface area (Å²) in [7, 11) is 1.26. The van der Waals surface area contributed by atoms with Crippen LogP contribution in [0.1, 0.15) is 27.2 Å². The van der Waals surface area contributed by atoms with E-state index in [0.29, 0.717) is 0 Å². The molecule has 1 N–H and O–H groups in total. The fourth-order valence-corrected chi connectivity index (χ4v) is 1.03. The van der Waals surface area contributed by atoms with Crippen LogP contribution in [0, 0.1) is 16.7 Å². The van der Waals surface area contributed by atoms with Gasteiger partial charge in [-0.25, -0.2) is 4.79 Å². The maximum absolute atomic E-state index is 11.4. The fourth-order valence-electron chi connectivity index (χ4n) is 1.03. The van der Waals surface area contributed by atoms with Crippen molar-refractivity contribution >= 4 is 11.9 Å². The van der Waals surface area contributed by atoms with E-state index in [1.54, 1.807) is 26.8 Å². The molecule has 5 nitrogen and oxygen atoms in total. The highest BCUT2D eigenvalue weighted by Crippen LogP contribution is 2.20. The zero-order valence-electron chi connectivity index (χ0n) is 9.46. The number of hydrogen-bond acceptors (Lipinski definition) is 4. The molecule has 84 valence electrons. The van der Waals surface area contributed by atoms with Gasteiger partial charge in [0.2, 0.25) is 5.91 Å². The summed E-state index contributed by atoms with van der Waals surface area (Å²) >= 11 is 0. The second-order valence-corrected chi connectivity index (χ2v) is 4.22. The van der Waals surface area contributed by atoms with Gasteiger partial charge in [0.15, 0.2) is 0 Å². The molecule has 0 aromatic heterocycles. The van der Waals surface area contributed by atoms with Gasteiger partial charge in [0.05, 0.1) is 13.2 Å². The monoisotopic (exact) mass is 212 g/mol. The number of nitrogens with zero attached hydrogens (tertiary/aromatic N) is 1. The van der Waals surface area contributed by atoms with Crippen LogP contribution in [0.15, 0.2) is 0 Å². The van der Waals surface area contributed by atoms with Crippen LogP contribution in [0.2, 0.25) is 0 Å². The third-order valence-corrected chi connectivity index (χ3v) is 1.85. The van der Waals surface area contributed by atoms with Crippen LogP contribution in [0.5, 0.6) is 0 Å². The first-order valence-electron chi connectivity index (χ1n) is 4.57. The van der Waals surface area contributed by atoms with Crippen molar-refractivity contribution in [3.8, 4) is 6.07 Å². The molecule has 1 amide bonds. The lowest BCUT2D eigenvalue weighted by Gasteiger charge is -2.28. The molecule has 0 saturated heterocycles. The van der Waals surface area contributed by atoms with E-state index >= 15 is 0 Å². The van der Waals surface area contributed by atoms with Gasteiger partial charge in [0.25, 0.3) is 0 Å². The zero-order valence-corrected chi connectivity index (χ0v) is 9.46. The molecule has 0 radical (unpaired) electrons. The molecule has 0 aromatic rings. The predicted octanol–water partition coefficient (Wildman–Crippen LogP) is 0.604. The average molecular weight is 212 g/mol. The third kappa shape index (κ3) is 4.45. The summed E-state index contributed by atoms with van der Waals surface area (Å²) in [5, 5.41) is 10.8. The van der Waals surface area contributed by atoms with Crippen LogP contribution in [0.25, 0.3) is 0 Å². The van der Waals surface area contributed by atoms with Crippen LogP contribution in [0.4, 0.5) is 0 Å². The first kappa shape index (κ1) is 13.4. The van der Waals surface area contributed by atoms with Gasteiger partial charge in [0, 0.05) is 0 Å². The van der Waals surface area contributed by atoms with E-state index in [0.717, 1.165) is 0 Å². The Balaban J connectivity index is 4.61. The van der Waals surface area contributed by atoms with E-state index in [4.69, 9.17) is 5.26 Å². The third-order valence-electron chi connectivity index (χ3n) is 1.85. The smallest absolute Gasteiger partial charge is 0.328 e. The van der Waals surface area contributed by atoms with Gasteiger partial charge < -0.3 is 10.1 Å². The van der Waals surface area contributed by atoms with Crippen LogP contribution in [-0.2, 0) is 14.3 Å². The largest absolute Gasteiger partial charge is 0.467 e. The van der Waals surface area contributed by atoms with Gasteiger partial charge in [-0.3, -0.25) is 4.79 Å². The number of hydrogen-bond donors (Lipinski definition) is 1. The van der Waals surface area contributed by atoms with Gasteiger partial charge >= 0.3 is 5.97 Å². The van der Waals surface area contributed by atoms with Crippen molar-refractivity contribution in [1.29, 1.82) is 5.26 Å². The minimum absolute atomic E-state index is 0.260. The number of methoxy groups -OCH3 is 1. The highest BCUT2D eigenvalue weighted by atomic mass is 16.5. The Kier molecular flexibility index (Phi) is 4.79. The quantitative estimate of drug-likeness (QED) is 0.695. The molecule has 0 aromatic carbocycles. The second kappa shape index (κ2) is 5.35. The maximum Gasteiger partial charge on any atom is 0.328 e. The maximum atomic E-state index is 11.4. The minimum atomic E-state index is -0.733. The molecule has 0 spiro atoms. The van der Waals surface area contributed by atoms with E-state index in [1.807, 2.05) is 0 Å². The Morgan fingerprint density at radius 2 is 2.00 bits per heavy atom. The molecule has 0 fully saturated rings. The van der Waals surface area contributed by atoms with E-state index in [2.05, 4.69) is 10.1 Å². The molecule has 0 bridgehead atoms. The molecule has 5 heteroatoms. The summed E-state index contributed by atoms with van der Waals surface area (Å²) in [6, 6.07) is 0.984. The van der Waals surface area contributed by atoms with E-state index in [9.17, 15) is 9.59 Å². The summed E-state index contributed by atoms with van der Waals surface area (Å²) in [5.74, 6) is -0.975. The lowest BCUT2D eigenvalue weighted by Crippen LogP contribution is -2.49. The van der Waals surface area contributed by atoms with Crippen LogP contribution < -0.4 is 5.32 Å². The number of carbonyl (C=O) groups is 2. The Hall–Kier alpha value is -1.57. The summed E-state index contributed by atoms with van der Waals surface area (Å²) in [5.41, 5.74) is -0.446. The minimum Gasteiger partial charge on any atom is -0.467 e. The number of esters is 1. The zero-order chi connectivity index (χ0) is 12.1. The molecule has 0 rings (SSSR count). The SMILES string of the molecule is COC(=O)[C@H](NC(=O)CC#N)C(C)(C)C. The Bertz CT molecular complexity index is 286. The lowest BCUT2D eigenvalue weighted by molar-refractivity contribution is -0.148. The summed E-state index contributed by atoms with van der Waals surface area (Å²) in [6.45, 7) is 5.42. The van der Waals surface area contributed by atoms with Gasteiger partial charge in [-0.05, 0) is 5.41 Å². The number of ether oxygens (including phenoxy) is 1. The highest BCUT2D eigenvalue weighted by molar-refractivity contribution is 5.85. The van der Waals surface area contributed by atoms with Crippen molar-refractivity contribution in [2.45, 2.75) is 33.2 Å². The van der Waals surface area contributed by atoms with Crippen LogP contribution >= 0.6 is 0 Å².